The molecule has 1 atom stereocenters. The zero-order valence-electron chi connectivity index (χ0n) is 14.1. The molecule has 0 fully saturated rings. The maximum atomic E-state index is 11.4. The highest BCUT2D eigenvalue weighted by atomic mass is 16.5. The molecule has 0 aromatic rings. The molecule has 23 heavy (non-hydrogen) atoms. The minimum atomic E-state index is -1.72. The van der Waals surface area contributed by atoms with Crippen molar-refractivity contribution in [1.82, 2.24) is 0 Å². The molecule has 0 amide bonds. The molecule has 0 aliphatic carbocycles. The fourth-order valence-corrected chi connectivity index (χ4v) is 1.37. The van der Waals surface area contributed by atoms with Crippen molar-refractivity contribution in [3.8, 4) is 0 Å². The molecule has 8 heteroatoms. The molecule has 0 saturated carbocycles. The van der Waals surface area contributed by atoms with Crippen molar-refractivity contribution in [2.75, 3.05) is 13.7 Å². The highest BCUT2D eigenvalue weighted by Gasteiger charge is 2.23. The fraction of sp³-hybridized carbons (Fsp3) is 0.467. The third-order valence-electron chi connectivity index (χ3n) is 2.61. The Morgan fingerprint density at radius 2 is 1.91 bits per heavy atom. The van der Waals surface area contributed by atoms with E-state index in [1.807, 2.05) is 6.92 Å². The predicted molar refractivity (Wildman–Crippen MR) is 89.1 cm³/mol. The first-order valence-corrected chi connectivity index (χ1v) is 7.16. The maximum absolute atomic E-state index is 11.4. The van der Waals surface area contributed by atoms with Gasteiger partial charge in [-0.25, -0.2) is 4.79 Å². The average Bonchev–Trinajstić information content (AvgIpc) is 2.53. The molecule has 0 saturated heterocycles. The van der Waals surface area contributed by atoms with Gasteiger partial charge in [-0.2, -0.15) is 0 Å². The summed E-state index contributed by atoms with van der Waals surface area (Å²) in [6.45, 7) is 8.79. The molecule has 0 aliphatic rings. The molecule has 0 radical (unpaired) electrons. The van der Waals surface area contributed by atoms with Crippen LogP contribution in [0, 0.1) is 0 Å². The lowest BCUT2D eigenvalue weighted by Gasteiger charge is -2.09. The predicted octanol–water partition coefficient (Wildman–Crippen LogP) is 0.517. The van der Waals surface area contributed by atoms with E-state index in [0.717, 1.165) is 0 Å². The Balaban J connectivity index is 0. The molecule has 130 valence electrons. The van der Waals surface area contributed by atoms with E-state index < -0.39 is 19.1 Å². The van der Waals surface area contributed by atoms with Gasteiger partial charge in [-0.1, -0.05) is 31.7 Å². The summed E-state index contributed by atoms with van der Waals surface area (Å²) in [5.74, 6) is -0.922. The number of ether oxygens (including phenoxy) is 2. The van der Waals surface area contributed by atoms with E-state index >= 15 is 0 Å². The molecule has 0 heterocycles. The number of methoxy groups -OCH3 is 1. The number of carbonyl (C=O) groups excluding carboxylic acids is 2. The van der Waals surface area contributed by atoms with Crippen LogP contribution in [-0.2, 0) is 19.1 Å². The number of rotatable bonds is 7. The van der Waals surface area contributed by atoms with Crippen LogP contribution in [0.1, 0.15) is 27.2 Å². The quantitative estimate of drug-likeness (QED) is 0.270. The van der Waals surface area contributed by atoms with Gasteiger partial charge in [-0.15, -0.1) is 0 Å². The topological polar surface area (TPSA) is 119 Å². The monoisotopic (exact) mass is 327 g/mol. The number of carbonyl (C=O) groups is 2. The zero-order chi connectivity index (χ0) is 18.4. The molecule has 0 bridgehead atoms. The molecule has 4 N–H and O–H groups in total. The van der Waals surface area contributed by atoms with Crippen LogP contribution in [0.4, 0.5) is 0 Å². The van der Waals surface area contributed by atoms with Gasteiger partial charge in [-0.05, 0) is 25.7 Å². The summed E-state index contributed by atoms with van der Waals surface area (Å²) >= 11 is 0. The van der Waals surface area contributed by atoms with Gasteiger partial charge in [0.2, 0.25) is 0 Å². The molecule has 0 spiro atoms. The number of allylic oxidation sites excluding steroid dienone is 3. The third kappa shape index (κ3) is 9.67. The van der Waals surface area contributed by atoms with Crippen molar-refractivity contribution in [1.29, 1.82) is 0 Å². The Morgan fingerprint density at radius 1 is 1.35 bits per heavy atom. The number of hydrogen-bond acceptors (Lipinski definition) is 7. The molecule has 0 aromatic carbocycles. The van der Waals surface area contributed by atoms with Crippen molar-refractivity contribution in [2.24, 2.45) is 5.73 Å². The Bertz CT molecular complexity index is 445. The molecule has 7 nitrogen and oxygen atoms in total. The SMILES string of the molecule is C=C/C=C(B(O)O)\C(=C/C)C(=O)OCC.CCC(N)C(=O)OC. The van der Waals surface area contributed by atoms with Gasteiger partial charge in [0.25, 0.3) is 0 Å². The van der Waals surface area contributed by atoms with Gasteiger partial charge in [-0.3, -0.25) is 4.79 Å². The standard InChI is InChI=1S/C10H15BO4.C5H11NO2/c1-4-7-9(11(13)14)8(5-2)10(12)15-6-3;1-3-4(6)5(7)8-2/h4-5,7,13-14H,1,6H2,2-3H3;4H,3,6H2,1-2H3/b8-5+,9-7+;. The fourth-order valence-electron chi connectivity index (χ4n) is 1.37. The Hall–Kier alpha value is -1.90. The molecule has 1 unspecified atom stereocenters. The summed E-state index contributed by atoms with van der Waals surface area (Å²) in [5, 5.41) is 18.1. The average molecular weight is 327 g/mol. The van der Waals surface area contributed by atoms with Crippen LogP contribution in [0.15, 0.2) is 35.9 Å². The van der Waals surface area contributed by atoms with Gasteiger partial charge < -0.3 is 25.3 Å². The number of hydrogen-bond donors (Lipinski definition) is 3. The zero-order valence-corrected chi connectivity index (χ0v) is 14.1. The van der Waals surface area contributed by atoms with Crippen molar-refractivity contribution in [3.63, 3.8) is 0 Å². The van der Waals surface area contributed by atoms with Crippen molar-refractivity contribution in [3.05, 3.63) is 35.9 Å². The first kappa shape index (κ1) is 23.4. The molecular formula is C15H26BNO6. The second-order valence-corrected chi connectivity index (χ2v) is 4.19. The van der Waals surface area contributed by atoms with E-state index in [0.29, 0.717) is 6.42 Å². The van der Waals surface area contributed by atoms with Gasteiger partial charge in [0.15, 0.2) is 0 Å². The Morgan fingerprint density at radius 3 is 2.17 bits per heavy atom. The van der Waals surface area contributed by atoms with Gasteiger partial charge in [0.05, 0.1) is 19.3 Å². The number of esters is 2. The van der Waals surface area contributed by atoms with Crippen LogP contribution in [0.2, 0.25) is 0 Å². The van der Waals surface area contributed by atoms with Crippen LogP contribution in [0.25, 0.3) is 0 Å². The van der Waals surface area contributed by atoms with E-state index in [-0.39, 0.29) is 23.6 Å². The Labute approximate surface area is 137 Å². The maximum Gasteiger partial charge on any atom is 0.489 e. The second kappa shape index (κ2) is 13.7. The minimum Gasteiger partial charge on any atom is -0.468 e. The van der Waals surface area contributed by atoms with Crippen LogP contribution < -0.4 is 5.73 Å². The summed E-state index contributed by atoms with van der Waals surface area (Å²) in [5.41, 5.74) is 5.46. The van der Waals surface area contributed by atoms with Gasteiger partial charge in [0, 0.05) is 0 Å². The summed E-state index contributed by atoms with van der Waals surface area (Å²) in [4.78, 5) is 21.8. The Kier molecular flexibility index (Phi) is 14.0. The van der Waals surface area contributed by atoms with Crippen molar-refractivity contribution in [2.45, 2.75) is 33.2 Å². The van der Waals surface area contributed by atoms with E-state index in [2.05, 4.69) is 11.3 Å². The summed E-state index contributed by atoms with van der Waals surface area (Å²) in [6, 6.07) is -0.444. The van der Waals surface area contributed by atoms with Crippen LogP contribution in [0.5, 0.6) is 0 Å². The van der Waals surface area contributed by atoms with Crippen molar-refractivity contribution < 1.29 is 29.1 Å². The third-order valence-corrected chi connectivity index (χ3v) is 2.61. The molecule has 0 rings (SSSR count). The van der Waals surface area contributed by atoms with Crippen LogP contribution >= 0.6 is 0 Å². The highest BCUT2D eigenvalue weighted by molar-refractivity contribution is 6.53. The van der Waals surface area contributed by atoms with Gasteiger partial charge >= 0.3 is 19.1 Å². The van der Waals surface area contributed by atoms with E-state index in [4.69, 9.17) is 20.5 Å². The minimum absolute atomic E-state index is 0.0750. The highest BCUT2D eigenvalue weighted by Crippen LogP contribution is 2.13. The lowest BCUT2D eigenvalue weighted by molar-refractivity contribution is -0.142. The molecular weight excluding hydrogens is 301 g/mol. The van der Waals surface area contributed by atoms with Crippen LogP contribution in [-0.4, -0.2) is 48.9 Å². The normalized spacial score (nSPS) is 12.5. The molecule has 0 aromatic heterocycles. The lowest BCUT2D eigenvalue weighted by Crippen LogP contribution is -2.30. The molecule has 0 aliphatic heterocycles. The first-order chi connectivity index (χ1) is 10.8. The van der Waals surface area contributed by atoms with Crippen molar-refractivity contribution >= 4 is 19.1 Å². The van der Waals surface area contributed by atoms with E-state index in [9.17, 15) is 9.59 Å². The number of nitrogens with two attached hydrogens (primary N) is 1. The van der Waals surface area contributed by atoms with E-state index in [1.54, 1.807) is 13.8 Å². The summed E-state index contributed by atoms with van der Waals surface area (Å²) < 4.78 is 9.11. The summed E-state index contributed by atoms with van der Waals surface area (Å²) in [6.07, 6.45) is 4.83. The lowest BCUT2D eigenvalue weighted by atomic mass is 9.74. The van der Waals surface area contributed by atoms with Crippen LogP contribution in [0.3, 0.4) is 0 Å². The largest absolute Gasteiger partial charge is 0.489 e. The smallest absolute Gasteiger partial charge is 0.468 e. The second-order valence-electron chi connectivity index (χ2n) is 4.19. The first-order valence-electron chi connectivity index (χ1n) is 7.16. The van der Waals surface area contributed by atoms with E-state index in [1.165, 1.54) is 25.3 Å². The summed E-state index contributed by atoms with van der Waals surface area (Å²) in [7, 11) is -0.392. The van der Waals surface area contributed by atoms with Gasteiger partial charge in [0.1, 0.15) is 6.04 Å².